The van der Waals surface area contributed by atoms with Gasteiger partial charge in [-0.3, -0.25) is 4.79 Å². The van der Waals surface area contributed by atoms with E-state index in [9.17, 15) is 15.0 Å². The average molecular weight is 353 g/mol. The Hall–Kier alpha value is -0.870. The molecule has 0 aromatic heterocycles. The number of fused-ring (bicyclic) bond motifs is 1. The lowest BCUT2D eigenvalue weighted by atomic mass is 9.49. The van der Waals surface area contributed by atoms with Crippen LogP contribution in [0.25, 0.3) is 0 Å². The molecule has 0 bridgehead atoms. The third-order valence-electron chi connectivity index (χ3n) is 7.02. The van der Waals surface area contributed by atoms with Gasteiger partial charge in [-0.1, -0.05) is 32.8 Å². The number of methoxy groups -OCH3 is 1. The van der Waals surface area contributed by atoms with E-state index in [1.54, 1.807) is 6.92 Å². The predicted octanol–water partition coefficient (Wildman–Crippen LogP) is 3.99. The average Bonchev–Trinajstić information content (AvgIpc) is 2.48. The predicted molar refractivity (Wildman–Crippen MR) is 99.0 cm³/mol. The van der Waals surface area contributed by atoms with Crippen LogP contribution >= 0.6 is 0 Å². The van der Waals surface area contributed by atoms with Gasteiger partial charge in [0.1, 0.15) is 0 Å². The van der Waals surface area contributed by atoms with Crippen LogP contribution in [0.15, 0.2) is 11.1 Å². The summed E-state index contributed by atoms with van der Waals surface area (Å²) in [5.74, 6) is 0.0651. The van der Waals surface area contributed by atoms with Gasteiger partial charge in [-0.2, -0.15) is 0 Å². The summed E-state index contributed by atoms with van der Waals surface area (Å²) in [5.41, 5.74) is 1.58. The van der Waals surface area contributed by atoms with Crippen LogP contribution in [-0.2, 0) is 9.53 Å². The number of carbonyl (C=O) groups excluding carboxylic acids is 1. The molecule has 0 aliphatic heterocycles. The van der Waals surface area contributed by atoms with Crippen LogP contribution in [-0.4, -0.2) is 35.0 Å². The molecular weight excluding hydrogens is 316 g/mol. The monoisotopic (exact) mass is 352 g/mol. The Kier molecular flexibility index (Phi) is 5.75. The highest BCUT2D eigenvalue weighted by Gasteiger charge is 2.51. The summed E-state index contributed by atoms with van der Waals surface area (Å²) >= 11 is 0. The Labute approximate surface area is 152 Å². The fraction of sp³-hybridized carbons (Fsp3) is 0.857. The molecule has 0 heterocycles. The quantitative estimate of drug-likeness (QED) is 0.580. The minimum Gasteiger partial charge on any atom is -0.469 e. The number of aliphatic hydroxyl groups is 2. The standard InChI is InChI=1S/C21H36O4/c1-14-15(8-11-20(4,24)13-18(23)25-6)21(5)10-7-9-19(2,3)17(21)12-16(14)22/h16-17,22,24H,7-13H2,1-6H3/t16-,17-,20-,21+/m1/s1. The van der Waals surface area contributed by atoms with Crippen molar-refractivity contribution < 1.29 is 19.7 Å². The highest BCUT2D eigenvalue weighted by Crippen LogP contribution is 2.60. The molecule has 4 nitrogen and oxygen atoms in total. The van der Waals surface area contributed by atoms with Crippen LogP contribution in [0.3, 0.4) is 0 Å². The van der Waals surface area contributed by atoms with Crippen molar-refractivity contribution >= 4 is 5.97 Å². The molecule has 2 aliphatic rings. The summed E-state index contributed by atoms with van der Waals surface area (Å²) in [6.07, 6.45) is 5.20. The summed E-state index contributed by atoms with van der Waals surface area (Å²) in [6, 6.07) is 0. The molecule has 0 aromatic carbocycles. The smallest absolute Gasteiger partial charge is 0.308 e. The second kappa shape index (κ2) is 7.03. The Morgan fingerprint density at radius 2 is 1.96 bits per heavy atom. The van der Waals surface area contributed by atoms with Crippen LogP contribution in [0.4, 0.5) is 0 Å². The van der Waals surface area contributed by atoms with Gasteiger partial charge in [-0.15, -0.1) is 0 Å². The number of hydrogen-bond acceptors (Lipinski definition) is 4. The van der Waals surface area contributed by atoms with Gasteiger partial charge < -0.3 is 14.9 Å². The summed E-state index contributed by atoms with van der Waals surface area (Å²) in [4.78, 5) is 11.5. The zero-order valence-corrected chi connectivity index (χ0v) is 16.8. The van der Waals surface area contributed by atoms with Crippen molar-refractivity contribution in [3.05, 3.63) is 11.1 Å². The largest absolute Gasteiger partial charge is 0.469 e. The third-order valence-corrected chi connectivity index (χ3v) is 7.02. The van der Waals surface area contributed by atoms with Gasteiger partial charge in [0.05, 0.1) is 25.2 Å². The molecule has 0 amide bonds. The van der Waals surface area contributed by atoms with E-state index in [0.29, 0.717) is 12.3 Å². The molecule has 0 spiro atoms. The van der Waals surface area contributed by atoms with Crippen molar-refractivity contribution in [3.8, 4) is 0 Å². The number of carbonyl (C=O) groups is 1. The van der Waals surface area contributed by atoms with E-state index in [1.165, 1.54) is 25.5 Å². The molecule has 4 heteroatoms. The van der Waals surface area contributed by atoms with E-state index >= 15 is 0 Å². The maximum Gasteiger partial charge on any atom is 0.308 e. The molecule has 4 atom stereocenters. The molecule has 0 unspecified atom stereocenters. The molecule has 2 N–H and O–H groups in total. The fourth-order valence-corrected chi connectivity index (χ4v) is 5.46. The van der Waals surface area contributed by atoms with Gasteiger partial charge in [0.15, 0.2) is 0 Å². The van der Waals surface area contributed by atoms with E-state index in [1.807, 2.05) is 6.92 Å². The minimum atomic E-state index is -1.08. The zero-order chi connectivity index (χ0) is 19.0. The second-order valence-corrected chi connectivity index (χ2v) is 9.48. The molecule has 2 aliphatic carbocycles. The maximum atomic E-state index is 11.5. The summed E-state index contributed by atoms with van der Waals surface area (Å²) in [6.45, 7) is 10.7. The zero-order valence-electron chi connectivity index (χ0n) is 16.8. The first-order chi connectivity index (χ1) is 11.4. The number of ether oxygens (including phenoxy) is 1. The van der Waals surface area contributed by atoms with Crippen molar-refractivity contribution in [2.75, 3.05) is 7.11 Å². The van der Waals surface area contributed by atoms with Gasteiger partial charge in [0, 0.05) is 0 Å². The van der Waals surface area contributed by atoms with Gasteiger partial charge in [0.25, 0.3) is 0 Å². The highest BCUT2D eigenvalue weighted by atomic mass is 16.5. The molecular formula is C21H36O4. The van der Waals surface area contributed by atoms with Crippen LogP contribution in [0.5, 0.6) is 0 Å². The fourth-order valence-electron chi connectivity index (χ4n) is 5.46. The summed E-state index contributed by atoms with van der Waals surface area (Å²) in [5, 5.41) is 21.2. The van der Waals surface area contributed by atoms with Crippen LogP contribution in [0, 0.1) is 16.7 Å². The topological polar surface area (TPSA) is 66.8 Å². The van der Waals surface area contributed by atoms with Crippen molar-refractivity contribution in [2.24, 2.45) is 16.7 Å². The third kappa shape index (κ3) is 4.11. The number of hydrogen-bond donors (Lipinski definition) is 2. The first-order valence-corrected chi connectivity index (χ1v) is 9.60. The molecule has 144 valence electrons. The molecule has 0 saturated heterocycles. The Morgan fingerprint density at radius 3 is 2.56 bits per heavy atom. The van der Waals surface area contributed by atoms with Crippen molar-refractivity contribution in [2.45, 2.75) is 91.3 Å². The van der Waals surface area contributed by atoms with Crippen molar-refractivity contribution in [3.63, 3.8) is 0 Å². The second-order valence-electron chi connectivity index (χ2n) is 9.48. The Morgan fingerprint density at radius 1 is 1.32 bits per heavy atom. The lowest BCUT2D eigenvalue weighted by Crippen LogP contribution is -2.48. The van der Waals surface area contributed by atoms with Crippen molar-refractivity contribution in [1.29, 1.82) is 0 Å². The molecule has 0 aromatic rings. The molecule has 0 radical (unpaired) electrons. The Balaban J connectivity index is 2.25. The number of rotatable bonds is 5. The van der Waals surface area contributed by atoms with Gasteiger partial charge in [-0.05, 0) is 68.3 Å². The molecule has 2 rings (SSSR count). The lowest BCUT2D eigenvalue weighted by Gasteiger charge is -2.56. The summed E-state index contributed by atoms with van der Waals surface area (Å²) in [7, 11) is 1.35. The van der Waals surface area contributed by atoms with E-state index in [0.717, 1.165) is 24.8 Å². The van der Waals surface area contributed by atoms with Gasteiger partial charge in [-0.25, -0.2) is 0 Å². The molecule has 25 heavy (non-hydrogen) atoms. The maximum absolute atomic E-state index is 11.5. The normalized spacial score (nSPS) is 34.2. The number of esters is 1. The number of aliphatic hydroxyl groups excluding tert-OH is 1. The van der Waals surface area contributed by atoms with Gasteiger partial charge >= 0.3 is 5.97 Å². The van der Waals surface area contributed by atoms with Crippen LogP contribution < -0.4 is 0 Å². The highest BCUT2D eigenvalue weighted by molar-refractivity contribution is 5.70. The van der Waals surface area contributed by atoms with Crippen LogP contribution in [0.1, 0.15) is 79.6 Å². The lowest BCUT2D eigenvalue weighted by molar-refractivity contribution is -0.145. The first-order valence-electron chi connectivity index (χ1n) is 9.60. The van der Waals surface area contributed by atoms with Gasteiger partial charge in [0.2, 0.25) is 0 Å². The first kappa shape index (κ1) is 20.4. The van der Waals surface area contributed by atoms with E-state index in [4.69, 9.17) is 4.74 Å². The number of allylic oxidation sites excluding steroid dienone is 1. The SMILES string of the molecule is COC(=O)C[C@](C)(O)CCC1=C(C)[C@H](O)C[C@@H]2C(C)(C)CCC[C@@]12C. The molecule has 1 saturated carbocycles. The summed E-state index contributed by atoms with van der Waals surface area (Å²) < 4.78 is 4.70. The van der Waals surface area contributed by atoms with E-state index in [-0.39, 0.29) is 23.2 Å². The van der Waals surface area contributed by atoms with E-state index in [2.05, 4.69) is 20.8 Å². The Bertz CT molecular complexity index is 546. The van der Waals surface area contributed by atoms with Crippen LogP contribution in [0.2, 0.25) is 0 Å². The minimum absolute atomic E-state index is 0.00399. The molecule has 1 fully saturated rings. The van der Waals surface area contributed by atoms with E-state index < -0.39 is 11.7 Å². The van der Waals surface area contributed by atoms with Crippen molar-refractivity contribution in [1.82, 2.24) is 0 Å².